The van der Waals surface area contributed by atoms with Crippen molar-refractivity contribution in [3.05, 3.63) is 28.2 Å². The summed E-state index contributed by atoms with van der Waals surface area (Å²) < 4.78 is 0.935. The first-order valence-corrected chi connectivity index (χ1v) is 8.16. The van der Waals surface area contributed by atoms with Gasteiger partial charge in [0.1, 0.15) is 0 Å². The molecular weight excluding hydrogens is 344 g/mol. The van der Waals surface area contributed by atoms with Crippen molar-refractivity contribution in [3.8, 4) is 0 Å². The van der Waals surface area contributed by atoms with Crippen molar-refractivity contribution in [2.75, 3.05) is 18.9 Å². The highest BCUT2D eigenvalue weighted by molar-refractivity contribution is 9.10. The third kappa shape index (κ3) is 6.05. The molecule has 1 aromatic carbocycles. The van der Waals surface area contributed by atoms with Crippen molar-refractivity contribution in [1.29, 1.82) is 0 Å². The molecule has 3 N–H and O–H groups in total. The van der Waals surface area contributed by atoms with E-state index in [1.807, 2.05) is 25.1 Å². The number of aliphatic imine (C=N–C) groups is 1. The maximum Gasteiger partial charge on any atom is 0.243 e. The number of aryl methyl sites for hydroxylation is 1. The van der Waals surface area contributed by atoms with Gasteiger partial charge in [0.15, 0.2) is 5.96 Å². The van der Waals surface area contributed by atoms with Gasteiger partial charge in [-0.3, -0.25) is 9.79 Å². The van der Waals surface area contributed by atoms with Crippen LogP contribution >= 0.6 is 15.9 Å². The van der Waals surface area contributed by atoms with E-state index in [4.69, 9.17) is 0 Å². The summed E-state index contributed by atoms with van der Waals surface area (Å²) in [5, 5.41) is 9.17. The van der Waals surface area contributed by atoms with Gasteiger partial charge in [-0.2, -0.15) is 0 Å². The lowest BCUT2D eigenvalue weighted by atomic mass is 10.1. The Morgan fingerprint density at radius 1 is 1.32 bits per heavy atom. The zero-order valence-corrected chi connectivity index (χ0v) is 15.4. The van der Waals surface area contributed by atoms with E-state index >= 15 is 0 Å². The second kappa shape index (κ2) is 8.78. The molecule has 122 valence electrons. The summed E-state index contributed by atoms with van der Waals surface area (Å²) in [4.78, 5) is 16.2. The molecule has 1 rings (SSSR count). The molecule has 1 unspecified atom stereocenters. The number of benzene rings is 1. The average molecular weight is 369 g/mol. The quantitative estimate of drug-likeness (QED) is 0.552. The lowest BCUT2D eigenvalue weighted by molar-refractivity contribution is -0.115. The highest BCUT2D eigenvalue weighted by Gasteiger charge is 2.10. The highest BCUT2D eigenvalue weighted by Crippen LogP contribution is 2.20. The molecule has 0 saturated carbocycles. The normalized spacial score (nSPS) is 13.0. The largest absolute Gasteiger partial charge is 0.354 e. The summed E-state index contributed by atoms with van der Waals surface area (Å²) in [5.41, 5.74) is 1.83. The molecule has 0 aliphatic rings. The minimum Gasteiger partial charge on any atom is -0.354 e. The SMILES string of the molecule is CN=C(NCC(=O)Nc1cc(Br)ccc1C)NC(C)C(C)C. The Hall–Kier alpha value is -1.56. The van der Waals surface area contributed by atoms with Gasteiger partial charge in [0.05, 0.1) is 6.54 Å². The Morgan fingerprint density at radius 2 is 2.00 bits per heavy atom. The Balaban J connectivity index is 2.53. The zero-order chi connectivity index (χ0) is 16.7. The molecule has 0 bridgehead atoms. The molecule has 22 heavy (non-hydrogen) atoms. The molecule has 0 saturated heterocycles. The van der Waals surface area contributed by atoms with E-state index < -0.39 is 0 Å². The second-order valence-corrected chi connectivity index (χ2v) is 6.53. The number of anilines is 1. The van der Waals surface area contributed by atoms with Crippen LogP contribution in [0, 0.1) is 12.8 Å². The molecular formula is C16H25BrN4O. The molecule has 0 fully saturated rings. The molecule has 0 aliphatic carbocycles. The van der Waals surface area contributed by atoms with Gasteiger partial charge in [0.2, 0.25) is 5.91 Å². The van der Waals surface area contributed by atoms with Crippen LogP contribution in [0.15, 0.2) is 27.7 Å². The average Bonchev–Trinajstić information content (AvgIpc) is 2.46. The number of carbonyl (C=O) groups is 1. The number of hydrogen-bond donors (Lipinski definition) is 3. The third-order valence-corrected chi connectivity index (χ3v) is 3.97. The monoisotopic (exact) mass is 368 g/mol. The molecule has 6 heteroatoms. The first kappa shape index (κ1) is 18.5. The fourth-order valence-electron chi connectivity index (χ4n) is 1.66. The van der Waals surface area contributed by atoms with Crippen LogP contribution in [0.2, 0.25) is 0 Å². The van der Waals surface area contributed by atoms with Crippen molar-refractivity contribution in [2.24, 2.45) is 10.9 Å². The number of rotatable bonds is 5. The van der Waals surface area contributed by atoms with Crippen LogP contribution in [0.4, 0.5) is 5.69 Å². The highest BCUT2D eigenvalue weighted by atomic mass is 79.9. The predicted octanol–water partition coefficient (Wildman–Crippen LogP) is 2.91. The molecule has 1 aromatic rings. The van der Waals surface area contributed by atoms with Crippen LogP contribution in [0.5, 0.6) is 0 Å². The molecule has 1 atom stereocenters. The molecule has 1 amide bonds. The maximum absolute atomic E-state index is 12.0. The van der Waals surface area contributed by atoms with Crippen LogP contribution < -0.4 is 16.0 Å². The lowest BCUT2D eigenvalue weighted by Crippen LogP contribution is -2.46. The van der Waals surface area contributed by atoms with Crippen LogP contribution in [-0.4, -0.2) is 31.5 Å². The van der Waals surface area contributed by atoms with Crippen molar-refractivity contribution in [1.82, 2.24) is 10.6 Å². The van der Waals surface area contributed by atoms with E-state index in [9.17, 15) is 4.79 Å². The maximum atomic E-state index is 12.0. The zero-order valence-electron chi connectivity index (χ0n) is 13.8. The van der Waals surface area contributed by atoms with Crippen LogP contribution in [0.1, 0.15) is 26.3 Å². The third-order valence-electron chi connectivity index (χ3n) is 3.48. The van der Waals surface area contributed by atoms with E-state index in [-0.39, 0.29) is 18.5 Å². The van der Waals surface area contributed by atoms with Crippen LogP contribution in [0.25, 0.3) is 0 Å². The Bertz CT molecular complexity index is 543. The summed E-state index contributed by atoms with van der Waals surface area (Å²) in [6.45, 7) is 8.47. The Morgan fingerprint density at radius 3 is 2.59 bits per heavy atom. The molecule has 5 nitrogen and oxygen atoms in total. The standard InChI is InChI=1S/C16H25BrN4O/c1-10(2)12(4)20-16(18-5)19-9-15(22)21-14-8-13(17)7-6-11(14)3/h6-8,10,12H,9H2,1-5H3,(H,21,22)(H2,18,19,20). The predicted molar refractivity (Wildman–Crippen MR) is 96.3 cm³/mol. The lowest BCUT2D eigenvalue weighted by Gasteiger charge is -2.20. The Kier molecular flexibility index (Phi) is 7.38. The first-order chi connectivity index (χ1) is 10.3. The van der Waals surface area contributed by atoms with Gasteiger partial charge in [-0.25, -0.2) is 0 Å². The number of hydrogen-bond acceptors (Lipinski definition) is 2. The van der Waals surface area contributed by atoms with Crippen LogP contribution in [0.3, 0.4) is 0 Å². The summed E-state index contributed by atoms with van der Waals surface area (Å²) in [6.07, 6.45) is 0. The molecule has 0 spiro atoms. The number of carbonyl (C=O) groups excluding carboxylic acids is 1. The van der Waals surface area contributed by atoms with Crippen molar-refractivity contribution < 1.29 is 4.79 Å². The number of nitrogens with zero attached hydrogens (tertiary/aromatic N) is 1. The topological polar surface area (TPSA) is 65.5 Å². The van der Waals surface area contributed by atoms with E-state index in [0.29, 0.717) is 11.9 Å². The Labute approximate surface area is 141 Å². The number of nitrogens with one attached hydrogen (secondary N) is 3. The van der Waals surface area contributed by atoms with E-state index in [2.05, 4.69) is 57.6 Å². The summed E-state index contributed by atoms with van der Waals surface area (Å²) in [7, 11) is 1.69. The van der Waals surface area contributed by atoms with Gasteiger partial charge >= 0.3 is 0 Å². The number of guanidine groups is 1. The minimum atomic E-state index is -0.110. The van der Waals surface area contributed by atoms with Crippen molar-refractivity contribution in [2.45, 2.75) is 33.7 Å². The van der Waals surface area contributed by atoms with E-state index in [0.717, 1.165) is 15.7 Å². The van der Waals surface area contributed by atoms with E-state index in [1.54, 1.807) is 7.05 Å². The fourth-order valence-corrected chi connectivity index (χ4v) is 2.03. The smallest absolute Gasteiger partial charge is 0.243 e. The summed E-state index contributed by atoms with van der Waals surface area (Å²) in [6, 6.07) is 6.07. The van der Waals surface area contributed by atoms with Crippen molar-refractivity contribution in [3.63, 3.8) is 0 Å². The summed E-state index contributed by atoms with van der Waals surface area (Å²) in [5.74, 6) is 1.00. The van der Waals surface area contributed by atoms with Gasteiger partial charge < -0.3 is 16.0 Å². The first-order valence-electron chi connectivity index (χ1n) is 7.36. The molecule has 0 aromatic heterocycles. The minimum absolute atomic E-state index is 0.110. The molecule has 0 aliphatic heterocycles. The second-order valence-electron chi connectivity index (χ2n) is 5.61. The summed E-state index contributed by atoms with van der Waals surface area (Å²) >= 11 is 3.40. The van der Waals surface area contributed by atoms with Crippen molar-refractivity contribution >= 4 is 33.5 Å². The van der Waals surface area contributed by atoms with Gasteiger partial charge in [0, 0.05) is 23.2 Å². The van der Waals surface area contributed by atoms with Gasteiger partial charge in [-0.05, 0) is 37.5 Å². The van der Waals surface area contributed by atoms with E-state index in [1.165, 1.54) is 0 Å². The van der Waals surface area contributed by atoms with Gasteiger partial charge in [-0.1, -0.05) is 35.8 Å². The fraction of sp³-hybridized carbons (Fsp3) is 0.500. The van der Waals surface area contributed by atoms with Gasteiger partial charge in [-0.15, -0.1) is 0 Å². The number of halogens is 1. The molecule has 0 radical (unpaired) electrons. The van der Waals surface area contributed by atoms with Gasteiger partial charge in [0.25, 0.3) is 0 Å². The number of amides is 1. The molecule has 0 heterocycles. The van der Waals surface area contributed by atoms with Crippen LogP contribution in [-0.2, 0) is 4.79 Å².